The number of amides is 2. The first kappa shape index (κ1) is 21.9. The van der Waals surface area contributed by atoms with Gasteiger partial charge in [-0.2, -0.15) is 26.3 Å². The Morgan fingerprint density at radius 2 is 1.33 bits per heavy atom. The monoisotopic (exact) mass is 367 g/mol. The molecule has 1 heterocycles. The van der Waals surface area contributed by atoms with Crippen molar-refractivity contribution in [3.63, 3.8) is 0 Å². The van der Waals surface area contributed by atoms with Crippen molar-refractivity contribution in [3.05, 3.63) is 0 Å². The second-order valence-corrected chi connectivity index (χ2v) is 4.67. The highest BCUT2D eigenvalue weighted by atomic mass is 19.4. The first-order chi connectivity index (χ1) is 10.7. The van der Waals surface area contributed by atoms with Gasteiger partial charge in [-0.1, -0.05) is 0 Å². The number of carboxylic acids is 1. The number of hydrogen-bond donors (Lipinski definition) is 4. The summed E-state index contributed by atoms with van der Waals surface area (Å²) in [6, 6.07) is -2.50. The van der Waals surface area contributed by atoms with Gasteiger partial charge in [0.25, 0.3) is 5.97 Å². The summed E-state index contributed by atoms with van der Waals surface area (Å²) < 4.78 is 72.5. The minimum atomic E-state index is -5.14. The summed E-state index contributed by atoms with van der Waals surface area (Å²) in [6.45, 7) is 1.12. The normalized spacial score (nSPS) is 21.1. The third-order valence-corrected chi connectivity index (χ3v) is 2.63. The molecule has 0 spiro atoms. The van der Waals surface area contributed by atoms with E-state index < -0.39 is 42.2 Å². The number of hydrogen-bond acceptors (Lipinski definition) is 4. The summed E-state index contributed by atoms with van der Waals surface area (Å²) in [6.07, 6.45) is -10.3. The van der Waals surface area contributed by atoms with Gasteiger partial charge in [0.1, 0.15) is 0 Å². The Labute approximate surface area is 131 Å². The van der Waals surface area contributed by atoms with Gasteiger partial charge < -0.3 is 21.1 Å². The standard InChI is InChI=1S/C9H11F6N3O2.C2H4O2/c10-8(11,12)6(19)17-4-1-2-16-3-5(4)18-7(20)9(13,14)15;1-2(3)4/h4-5,16H,1-3H2,(H,17,19)(H,18,20);1H3,(H,3,4). The fraction of sp³-hybridized carbons (Fsp3) is 0.727. The molecule has 2 atom stereocenters. The fourth-order valence-electron chi connectivity index (χ4n) is 1.68. The van der Waals surface area contributed by atoms with Crippen molar-refractivity contribution >= 4 is 17.8 Å². The van der Waals surface area contributed by atoms with Crippen LogP contribution in [0.4, 0.5) is 26.3 Å². The molecule has 7 nitrogen and oxygen atoms in total. The lowest BCUT2D eigenvalue weighted by atomic mass is 10.0. The highest BCUT2D eigenvalue weighted by molar-refractivity contribution is 5.83. The highest BCUT2D eigenvalue weighted by Gasteiger charge is 2.44. The summed E-state index contributed by atoms with van der Waals surface area (Å²) in [7, 11) is 0. The minimum Gasteiger partial charge on any atom is -0.481 e. The SMILES string of the molecule is CC(=O)O.O=C(NC1CCNCC1NC(=O)C(F)(F)F)C(F)(F)F. The third-order valence-electron chi connectivity index (χ3n) is 2.63. The Kier molecular flexibility index (Phi) is 7.96. The number of carbonyl (C=O) groups excluding carboxylic acids is 2. The number of piperidine rings is 1. The summed E-state index contributed by atoms with van der Waals surface area (Å²) in [5.74, 6) is -5.35. The number of carbonyl (C=O) groups is 3. The van der Waals surface area contributed by atoms with Crippen molar-refractivity contribution in [2.75, 3.05) is 13.1 Å². The van der Waals surface area contributed by atoms with E-state index in [0.717, 1.165) is 6.92 Å². The minimum absolute atomic E-state index is 0.0371. The molecule has 13 heteroatoms. The average molecular weight is 367 g/mol. The second-order valence-electron chi connectivity index (χ2n) is 4.67. The predicted molar refractivity (Wildman–Crippen MR) is 66.8 cm³/mol. The van der Waals surface area contributed by atoms with E-state index in [9.17, 15) is 35.9 Å². The van der Waals surface area contributed by atoms with Crippen molar-refractivity contribution in [3.8, 4) is 0 Å². The largest absolute Gasteiger partial charge is 0.481 e. The van der Waals surface area contributed by atoms with Gasteiger partial charge in [0.2, 0.25) is 0 Å². The second kappa shape index (κ2) is 8.70. The molecule has 1 saturated heterocycles. The maximum Gasteiger partial charge on any atom is 0.471 e. The molecule has 0 aromatic rings. The van der Waals surface area contributed by atoms with Crippen molar-refractivity contribution in [2.45, 2.75) is 37.8 Å². The zero-order valence-corrected chi connectivity index (χ0v) is 12.2. The van der Waals surface area contributed by atoms with Gasteiger partial charge in [0.05, 0.1) is 12.1 Å². The van der Waals surface area contributed by atoms with Crippen LogP contribution in [0.5, 0.6) is 0 Å². The summed E-state index contributed by atoms with van der Waals surface area (Å²) in [5, 5.41) is 13.2. The van der Waals surface area contributed by atoms with Crippen molar-refractivity contribution in [1.29, 1.82) is 0 Å². The maximum atomic E-state index is 12.1. The number of nitrogens with one attached hydrogen (secondary N) is 3. The summed E-state index contributed by atoms with van der Waals surface area (Å²) in [5.41, 5.74) is 0. The Balaban J connectivity index is 0.00000118. The number of rotatable bonds is 2. The van der Waals surface area contributed by atoms with Crippen LogP contribution in [0.25, 0.3) is 0 Å². The molecule has 2 unspecified atom stereocenters. The zero-order chi connectivity index (χ0) is 19.1. The van der Waals surface area contributed by atoms with Crippen LogP contribution in [0.3, 0.4) is 0 Å². The molecule has 0 aliphatic carbocycles. The van der Waals surface area contributed by atoms with E-state index >= 15 is 0 Å². The molecule has 1 aliphatic rings. The molecule has 0 aromatic heterocycles. The molecule has 0 radical (unpaired) electrons. The molecule has 1 fully saturated rings. The smallest absolute Gasteiger partial charge is 0.471 e. The summed E-state index contributed by atoms with van der Waals surface area (Å²) >= 11 is 0. The van der Waals surface area contributed by atoms with E-state index in [1.54, 1.807) is 10.6 Å². The molecule has 0 aromatic carbocycles. The van der Waals surface area contributed by atoms with E-state index in [4.69, 9.17) is 9.90 Å². The van der Waals surface area contributed by atoms with Gasteiger partial charge in [-0.25, -0.2) is 0 Å². The first-order valence-corrected chi connectivity index (χ1v) is 6.40. The molecular formula is C11H15F6N3O4. The number of aliphatic carboxylic acids is 1. The van der Waals surface area contributed by atoms with E-state index in [1.165, 1.54) is 0 Å². The van der Waals surface area contributed by atoms with Crippen LogP contribution in [-0.2, 0) is 14.4 Å². The number of halogens is 6. The number of alkyl halides is 6. The van der Waals surface area contributed by atoms with Gasteiger partial charge in [-0.15, -0.1) is 0 Å². The van der Waals surface area contributed by atoms with Crippen LogP contribution in [0.15, 0.2) is 0 Å². The Bertz CT molecular complexity index is 426. The molecule has 4 N–H and O–H groups in total. The molecule has 0 saturated carbocycles. The first-order valence-electron chi connectivity index (χ1n) is 6.40. The molecule has 1 rings (SSSR count). The van der Waals surface area contributed by atoms with Gasteiger partial charge in [-0.05, 0) is 13.0 Å². The van der Waals surface area contributed by atoms with Crippen LogP contribution in [-0.4, -0.2) is 60.4 Å². The number of carboxylic acid groups (broad SMARTS) is 1. The topological polar surface area (TPSA) is 108 Å². The molecule has 24 heavy (non-hydrogen) atoms. The van der Waals surface area contributed by atoms with Gasteiger partial charge in [-0.3, -0.25) is 14.4 Å². The van der Waals surface area contributed by atoms with Crippen LogP contribution < -0.4 is 16.0 Å². The van der Waals surface area contributed by atoms with Crippen LogP contribution in [0.2, 0.25) is 0 Å². The lowest BCUT2D eigenvalue weighted by Gasteiger charge is -2.33. The van der Waals surface area contributed by atoms with Crippen molar-refractivity contribution in [1.82, 2.24) is 16.0 Å². The lowest BCUT2D eigenvalue weighted by molar-refractivity contribution is -0.176. The molecular weight excluding hydrogens is 352 g/mol. The van der Waals surface area contributed by atoms with Crippen molar-refractivity contribution in [2.24, 2.45) is 0 Å². The van der Waals surface area contributed by atoms with Crippen molar-refractivity contribution < 1.29 is 45.8 Å². The molecule has 1 aliphatic heterocycles. The van der Waals surface area contributed by atoms with Gasteiger partial charge in [0, 0.05) is 13.5 Å². The molecule has 2 amide bonds. The average Bonchev–Trinajstić information content (AvgIpc) is 2.38. The lowest BCUT2D eigenvalue weighted by Crippen LogP contribution is -2.62. The maximum absolute atomic E-state index is 12.1. The Morgan fingerprint density at radius 3 is 1.71 bits per heavy atom. The van der Waals surface area contributed by atoms with Crippen LogP contribution >= 0.6 is 0 Å². The van der Waals surface area contributed by atoms with E-state index in [0.29, 0.717) is 0 Å². The van der Waals surface area contributed by atoms with E-state index in [-0.39, 0.29) is 19.5 Å². The molecule has 0 bridgehead atoms. The molecule has 140 valence electrons. The zero-order valence-electron chi connectivity index (χ0n) is 12.2. The third kappa shape index (κ3) is 8.55. The Hall–Kier alpha value is -2.05. The fourth-order valence-corrected chi connectivity index (χ4v) is 1.68. The predicted octanol–water partition coefficient (Wildman–Crippen LogP) is 0.165. The Morgan fingerprint density at radius 1 is 0.958 bits per heavy atom. The quantitative estimate of drug-likeness (QED) is 0.521. The van der Waals surface area contributed by atoms with Crippen LogP contribution in [0.1, 0.15) is 13.3 Å². The highest BCUT2D eigenvalue weighted by Crippen LogP contribution is 2.18. The summed E-state index contributed by atoms with van der Waals surface area (Å²) in [4.78, 5) is 30.5. The van der Waals surface area contributed by atoms with E-state index in [1.807, 2.05) is 0 Å². The van der Waals surface area contributed by atoms with Gasteiger partial charge in [0.15, 0.2) is 0 Å². The van der Waals surface area contributed by atoms with E-state index in [2.05, 4.69) is 5.32 Å². The van der Waals surface area contributed by atoms with Gasteiger partial charge >= 0.3 is 24.2 Å². The van der Waals surface area contributed by atoms with Crippen LogP contribution in [0, 0.1) is 0 Å².